The zero-order valence-corrected chi connectivity index (χ0v) is 12.2. The molecule has 5 heteroatoms. The van der Waals surface area contributed by atoms with Gasteiger partial charge in [-0.1, -0.05) is 30.3 Å². The fourth-order valence-electron chi connectivity index (χ4n) is 2.22. The smallest absolute Gasteiger partial charge is 0.182 e. The summed E-state index contributed by atoms with van der Waals surface area (Å²) in [6.07, 6.45) is 1.77. The highest BCUT2D eigenvalue weighted by Gasteiger charge is 2.13. The molecule has 0 fully saturated rings. The normalized spacial score (nSPS) is 10.6. The van der Waals surface area contributed by atoms with Gasteiger partial charge >= 0.3 is 0 Å². The standard InChI is InChI=1S/C16H13FN2OS/c1-20-12-7-8-13(17)14(9-12)19-15(10-18-16(19)21)11-5-3-2-4-6-11/h2-10H,1H3,(H,18,21). The monoisotopic (exact) mass is 300 g/mol. The van der Waals surface area contributed by atoms with Crippen molar-refractivity contribution in [2.45, 2.75) is 0 Å². The Morgan fingerprint density at radius 1 is 1.14 bits per heavy atom. The number of aromatic nitrogens is 2. The van der Waals surface area contributed by atoms with Gasteiger partial charge in [-0.05, 0) is 24.4 Å². The number of aromatic amines is 1. The highest BCUT2D eigenvalue weighted by atomic mass is 32.1. The number of nitrogens with zero attached hydrogens (tertiary/aromatic N) is 1. The summed E-state index contributed by atoms with van der Waals surface area (Å²) in [6, 6.07) is 14.3. The first kappa shape index (κ1) is 13.6. The number of rotatable bonds is 3. The number of halogens is 1. The molecule has 2 aromatic carbocycles. The van der Waals surface area contributed by atoms with Crippen LogP contribution in [0.25, 0.3) is 16.9 Å². The molecule has 1 N–H and O–H groups in total. The average Bonchev–Trinajstić information content (AvgIpc) is 2.90. The maximum Gasteiger partial charge on any atom is 0.182 e. The summed E-state index contributed by atoms with van der Waals surface area (Å²) in [6.45, 7) is 0. The zero-order valence-electron chi connectivity index (χ0n) is 11.3. The van der Waals surface area contributed by atoms with Gasteiger partial charge in [0.1, 0.15) is 11.6 Å². The Labute approximate surface area is 126 Å². The van der Waals surface area contributed by atoms with E-state index in [4.69, 9.17) is 17.0 Å². The number of nitrogens with one attached hydrogen (secondary N) is 1. The van der Waals surface area contributed by atoms with Crippen LogP contribution in [-0.2, 0) is 0 Å². The minimum absolute atomic E-state index is 0.358. The number of benzene rings is 2. The summed E-state index contributed by atoms with van der Waals surface area (Å²) in [5.74, 6) is 0.220. The second-order valence-corrected chi connectivity index (χ2v) is 4.88. The van der Waals surface area contributed by atoms with Crippen molar-refractivity contribution in [3.63, 3.8) is 0 Å². The third kappa shape index (κ3) is 2.48. The lowest BCUT2D eigenvalue weighted by atomic mass is 10.1. The first-order valence-corrected chi connectivity index (χ1v) is 6.81. The summed E-state index contributed by atoms with van der Waals surface area (Å²) in [4.78, 5) is 2.97. The van der Waals surface area contributed by atoms with Gasteiger partial charge in [-0.3, -0.25) is 4.57 Å². The van der Waals surface area contributed by atoms with Crippen molar-refractivity contribution < 1.29 is 9.13 Å². The van der Waals surface area contributed by atoms with Gasteiger partial charge in [0, 0.05) is 17.8 Å². The summed E-state index contributed by atoms with van der Waals surface area (Å²) in [5, 5.41) is 0. The van der Waals surface area contributed by atoms with E-state index in [1.54, 1.807) is 30.0 Å². The molecule has 0 radical (unpaired) electrons. The van der Waals surface area contributed by atoms with Gasteiger partial charge in [0.2, 0.25) is 0 Å². The van der Waals surface area contributed by atoms with Gasteiger partial charge in [0.05, 0.1) is 18.5 Å². The first-order chi connectivity index (χ1) is 10.2. The van der Waals surface area contributed by atoms with E-state index in [9.17, 15) is 4.39 Å². The molecule has 106 valence electrons. The molecule has 1 heterocycles. The minimum Gasteiger partial charge on any atom is -0.497 e. The number of H-pyrrole nitrogens is 1. The Morgan fingerprint density at radius 2 is 1.90 bits per heavy atom. The van der Waals surface area contributed by atoms with Crippen LogP contribution < -0.4 is 4.74 Å². The largest absolute Gasteiger partial charge is 0.497 e. The Morgan fingerprint density at radius 3 is 2.62 bits per heavy atom. The molecule has 1 aromatic heterocycles. The fourth-order valence-corrected chi connectivity index (χ4v) is 2.48. The lowest BCUT2D eigenvalue weighted by Crippen LogP contribution is -2.01. The maximum absolute atomic E-state index is 14.2. The van der Waals surface area contributed by atoms with Crippen LogP contribution in [0.2, 0.25) is 0 Å². The minimum atomic E-state index is -0.358. The molecular weight excluding hydrogens is 287 g/mol. The number of hydrogen-bond acceptors (Lipinski definition) is 2. The average molecular weight is 300 g/mol. The second kappa shape index (κ2) is 5.54. The van der Waals surface area contributed by atoms with Crippen LogP contribution in [0.4, 0.5) is 4.39 Å². The molecule has 0 amide bonds. The Balaban J connectivity index is 2.25. The molecule has 0 aliphatic rings. The van der Waals surface area contributed by atoms with Crippen LogP contribution in [-0.4, -0.2) is 16.7 Å². The maximum atomic E-state index is 14.2. The van der Waals surface area contributed by atoms with E-state index < -0.39 is 0 Å². The van der Waals surface area contributed by atoms with E-state index in [-0.39, 0.29) is 5.82 Å². The summed E-state index contributed by atoms with van der Waals surface area (Å²) in [5.41, 5.74) is 2.11. The molecule has 0 atom stereocenters. The predicted octanol–water partition coefficient (Wildman–Crippen LogP) is 4.35. The first-order valence-electron chi connectivity index (χ1n) is 6.40. The van der Waals surface area contributed by atoms with Crippen molar-refractivity contribution in [2.24, 2.45) is 0 Å². The second-order valence-electron chi connectivity index (χ2n) is 4.50. The fraction of sp³-hybridized carbons (Fsp3) is 0.0625. The molecule has 0 saturated heterocycles. The van der Waals surface area contributed by atoms with Gasteiger partial charge in [0.15, 0.2) is 4.77 Å². The Bertz CT molecular complexity index is 824. The summed E-state index contributed by atoms with van der Waals surface area (Å²) >= 11 is 5.29. The molecule has 0 aliphatic heterocycles. The van der Waals surface area contributed by atoms with Crippen molar-refractivity contribution in [3.8, 4) is 22.7 Å². The SMILES string of the molecule is COc1ccc(F)c(-n2c(-c3ccccc3)c[nH]c2=S)c1. The number of ether oxygens (including phenoxy) is 1. The van der Waals surface area contributed by atoms with Crippen LogP contribution >= 0.6 is 12.2 Å². The molecule has 0 saturated carbocycles. The Hall–Kier alpha value is -2.40. The van der Waals surface area contributed by atoms with Gasteiger partial charge < -0.3 is 9.72 Å². The summed E-state index contributed by atoms with van der Waals surface area (Å²) in [7, 11) is 1.55. The Kier molecular flexibility index (Phi) is 3.58. The van der Waals surface area contributed by atoms with E-state index in [1.165, 1.54) is 6.07 Å². The van der Waals surface area contributed by atoms with Crippen molar-refractivity contribution in [1.82, 2.24) is 9.55 Å². The topological polar surface area (TPSA) is 29.9 Å². The molecular formula is C16H13FN2OS. The molecule has 3 aromatic rings. The quantitative estimate of drug-likeness (QED) is 0.729. The van der Waals surface area contributed by atoms with Crippen molar-refractivity contribution >= 4 is 12.2 Å². The molecule has 3 nitrogen and oxygen atoms in total. The van der Waals surface area contributed by atoms with Crippen LogP contribution in [0, 0.1) is 10.6 Å². The van der Waals surface area contributed by atoms with Crippen molar-refractivity contribution in [3.05, 3.63) is 65.3 Å². The lowest BCUT2D eigenvalue weighted by molar-refractivity contribution is 0.413. The van der Waals surface area contributed by atoms with E-state index >= 15 is 0 Å². The van der Waals surface area contributed by atoms with Crippen LogP contribution in [0.15, 0.2) is 54.7 Å². The summed E-state index contributed by atoms with van der Waals surface area (Å²) < 4.78 is 21.5. The molecule has 0 bridgehead atoms. The van der Waals surface area contributed by atoms with Crippen LogP contribution in [0.5, 0.6) is 5.75 Å². The molecule has 0 aliphatic carbocycles. The number of imidazole rings is 1. The molecule has 21 heavy (non-hydrogen) atoms. The van der Waals surface area contributed by atoms with E-state index in [0.717, 1.165) is 11.3 Å². The third-order valence-electron chi connectivity index (χ3n) is 3.24. The van der Waals surface area contributed by atoms with Gasteiger partial charge in [-0.2, -0.15) is 0 Å². The van der Waals surface area contributed by atoms with Crippen molar-refractivity contribution in [1.29, 1.82) is 0 Å². The van der Waals surface area contributed by atoms with Gasteiger partial charge in [0.25, 0.3) is 0 Å². The number of methoxy groups -OCH3 is 1. The number of hydrogen-bond donors (Lipinski definition) is 1. The van der Waals surface area contributed by atoms with E-state index in [2.05, 4.69) is 4.98 Å². The molecule has 3 rings (SSSR count). The van der Waals surface area contributed by atoms with E-state index in [1.807, 2.05) is 30.3 Å². The highest BCUT2D eigenvalue weighted by Crippen LogP contribution is 2.27. The lowest BCUT2D eigenvalue weighted by Gasteiger charge is -2.11. The predicted molar refractivity (Wildman–Crippen MR) is 82.9 cm³/mol. The van der Waals surface area contributed by atoms with Crippen LogP contribution in [0.3, 0.4) is 0 Å². The van der Waals surface area contributed by atoms with Gasteiger partial charge in [-0.25, -0.2) is 4.39 Å². The molecule has 0 spiro atoms. The highest BCUT2D eigenvalue weighted by molar-refractivity contribution is 7.71. The third-order valence-corrected chi connectivity index (χ3v) is 3.54. The zero-order chi connectivity index (χ0) is 14.8. The van der Waals surface area contributed by atoms with Crippen molar-refractivity contribution in [2.75, 3.05) is 7.11 Å². The molecule has 0 unspecified atom stereocenters. The van der Waals surface area contributed by atoms with Gasteiger partial charge in [-0.15, -0.1) is 0 Å². The van der Waals surface area contributed by atoms with Crippen LogP contribution in [0.1, 0.15) is 0 Å². The van der Waals surface area contributed by atoms with E-state index in [0.29, 0.717) is 16.2 Å².